The van der Waals surface area contributed by atoms with Crippen molar-refractivity contribution < 1.29 is 19.6 Å². The third-order valence-electron chi connectivity index (χ3n) is 7.11. The van der Waals surface area contributed by atoms with Crippen molar-refractivity contribution in [2.45, 2.75) is 0 Å². The summed E-state index contributed by atoms with van der Waals surface area (Å²) < 4.78 is 6.57. The van der Waals surface area contributed by atoms with Crippen LogP contribution >= 0.6 is 11.3 Å². The summed E-state index contributed by atoms with van der Waals surface area (Å²) in [5.41, 5.74) is 4.46. The molecule has 0 atom stereocenters. The molecule has 0 saturated carbocycles. The molecule has 2 fully saturated rings. The maximum Gasteiger partial charge on any atom is 0.277 e. The van der Waals surface area contributed by atoms with Crippen LogP contribution in [-0.4, -0.2) is 98.8 Å². The van der Waals surface area contributed by atoms with Crippen LogP contribution in [0.1, 0.15) is 10.4 Å². The molecule has 2 aliphatic heterocycles. The second-order valence-corrected chi connectivity index (χ2v) is 10.6. The van der Waals surface area contributed by atoms with E-state index in [4.69, 9.17) is 24.7 Å². The summed E-state index contributed by atoms with van der Waals surface area (Å²) in [6, 6.07) is 7.96. The fourth-order valence-corrected chi connectivity index (χ4v) is 5.97. The number of anilines is 2. The van der Waals surface area contributed by atoms with E-state index in [2.05, 4.69) is 25.1 Å². The Hall–Kier alpha value is -4.44. The van der Waals surface area contributed by atoms with E-state index in [1.165, 1.54) is 23.7 Å². The molecule has 15 heteroatoms. The van der Waals surface area contributed by atoms with Gasteiger partial charge in [-0.25, -0.2) is 25.4 Å². The number of aromatic nitrogens is 6. The Balaban J connectivity index is 1.12. The standard InChI is InChI=1S/C26H26N10O4S/c37-25(33-38)16-13-27-26(28-14-16)35-4-6-36(7-5-35)40-21-12-20-22(41-21)24(34-8-10-39-11-9-34)31-23(30-20)17-2-1-3-19-18(17)15-29-32-19/h1-3,12-15,38H,4-11H2,(H,29,32)(H,33,37). The number of rotatable bonds is 6. The Bertz CT molecular complexity index is 1690. The highest BCUT2D eigenvalue weighted by molar-refractivity contribution is 7.21. The summed E-state index contributed by atoms with van der Waals surface area (Å²) in [5, 5.41) is 19.6. The number of piperazine rings is 1. The molecule has 1 amide bonds. The van der Waals surface area contributed by atoms with Crippen molar-refractivity contribution in [1.29, 1.82) is 0 Å². The highest BCUT2D eigenvalue weighted by atomic mass is 32.1. The maximum atomic E-state index is 11.5. The minimum absolute atomic E-state index is 0.187. The number of thiophene rings is 1. The van der Waals surface area contributed by atoms with Crippen molar-refractivity contribution in [2.24, 2.45) is 0 Å². The van der Waals surface area contributed by atoms with E-state index in [1.807, 2.05) is 34.2 Å². The number of morpholine rings is 1. The fraction of sp³-hybridized carbons (Fsp3) is 0.308. The summed E-state index contributed by atoms with van der Waals surface area (Å²) in [6.45, 7) is 5.37. The normalized spacial score (nSPS) is 16.4. The van der Waals surface area contributed by atoms with Crippen LogP contribution < -0.4 is 20.1 Å². The van der Waals surface area contributed by atoms with Gasteiger partial charge in [-0.1, -0.05) is 23.5 Å². The second-order valence-electron chi connectivity index (χ2n) is 9.61. The zero-order valence-corrected chi connectivity index (χ0v) is 22.7. The third kappa shape index (κ3) is 4.99. The lowest BCUT2D eigenvalue weighted by molar-refractivity contribution is -0.0584. The topological polar surface area (TPSA) is 158 Å². The lowest BCUT2D eigenvalue weighted by Crippen LogP contribution is -2.48. The molecule has 4 aromatic heterocycles. The van der Waals surface area contributed by atoms with Crippen LogP contribution in [0, 0.1) is 0 Å². The number of amides is 1. The van der Waals surface area contributed by atoms with Gasteiger partial charge in [-0.2, -0.15) is 5.10 Å². The lowest BCUT2D eigenvalue weighted by Gasteiger charge is -2.33. The molecule has 210 valence electrons. The van der Waals surface area contributed by atoms with Crippen molar-refractivity contribution in [3.63, 3.8) is 0 Å². The maximum absolute atomic E-state index is 11.5. The first-order valence-corrected chi connectivity index (χ1v) is 14.0. The van der Waals surface area contributed by atoms with Crippen molar-refractivity contribution in [3.05, 3.63) is 48.4 Å². The molecule has 0 bridgehead atoms. The summed E-state index contributed by atoms with van der Waals surface area (Å²) in [4.78, 5) is 40.6. The van der Waals surface area contributed by atoms with Crippen LogP contribution in [-0.2, 0) is 4.74 Å². The van der Waals surface area contributed by atoms with Crippen LogP contribution in [0.15, 0.2) is 42.9 Å². The van der Waals surface area contributed by atoms with E-state index >= 15 is 0 Å². The molecule has 0 radical (unpaired) electrons. The number of ether oxygens (including phenoxy) is 1. The fourth-order valence-electron chi connectivity index (χ4n) is 4.98. The van der Waals surface area contributed by atoms with Crippen LogP contribution in [0.25, 0.3) is 32.5 Å². The van der Waals surface area contributed by atoms with Gasteiger partial charge in [-0.3, -0.25) is 15.1 Å². The molecule has 6 heterocycles. The predicted octanol–water partition coefficient (Wildman–Crippen LogP) is 2.10. The summed E-state index contributed by atoms with van der Waals surface area (Å²) in [5.74, 6) is 1.40. The first-order chi connectivity index (χ1) is 20.2. The van der Waals surface area contributed by atoms with Crippen LogP contribution in [0.4, 0.5) is 11.8 Å². The predicted molar refractivity (Wildman–Crippen MR) is 151 cm³/mol. The Labute approximate surface area is 237 Å². The minimum atomic E-state index is -0.648. The Morgan fingerprint density at radius 2 is 1.83 bits per heavy atom. The molecule has 0 unspecified atom stereocenters. The SMILES string of the molecule is O=C(NO)c1cnc(N2CCN(Oc3cc4nc(-c5cccc6[nH]ncc56)nc(N5CCOCC5)c4s3)CC2)nc1. The number of hydrogen-bond donors (Lipinski definition) is 3. The number of nitrogens with zero attached hydrogens (tertiary/aromatic N) is 8. The monoisotopic (exact) mass is 574 g/mol. The van der Waals surface area contributed by atoms with Gasteiger partial charge in [0.05, 0.1) is 53.8 Å². The van der Waals surface area contributed by atoms with Gasteiger partial charge in [0.25, 0.3) is 5.91 Å². The number of benzene rings is 1. The molecule has 5 aromatic rings. The largest absolute Gasteiger partial charge is 0.395 e. The Morgan fingerprint density at radius 3 is 2.61 bits per heavy atom. The summed E-state index contributed by atoms with van der Waals surface area (Å²) >= 11 is 1.54. The van der Waals surface area contributed by atoms with Crippen LogP contribution in [0.2, 0.25) is 0 Å². The van der Waals surface area contributed by atoms with Crippen molar-refractivity contribution in [2.75, 3.05) is 62.3 Å². The van der Waals surface area contributed by atoms with Crippen molar-refractivity contribution >= 4 is 50.1 Å². The van der Waals surface area contributed by atoms with E-state index in [9.17, 15) is 4.79 Å². The Morgan fingerprint density at radius 1 is 1.02 bits per heavy atom. The van der Waals surface area contributed by atoms with Gasteiger partial charge in [0, 0.05) is 55.6 Å². The summed E-state index contributed by atoms with van der Waals surface area (Å²) in [7, 11) is 0. The van der Waals surface area contributed by atoms with Gasteiger partial charge < -0.3 is 19.4 Å². The third-order valence-corrected chi connectivity index (χ3v) is 8.10. The van der Waals surface area contributed by atoms with Gasteiger partial charge in [0.2, 0.25) is 11.0 Å². The Kier molecular flexibility index (Phi) is 6.76. The van der Waals surface area contributed by atoms with Gasteiger partial charge in [0.15, 0.2) is 11.6 Å². The molecule has 14 nitrogen and oxygen atoms in total. The van der Waals surface area contributed by atoms with Crippen LogP contribution in [0.3, 0.4) is 0 Å². The highest BCUT2D eigenvalue weighted by Gasteiger charge is 2.24. The van der Waals surface area contributed by atoms with E-state index in [-0.39, 0.29) is 5.56 Å². The molecule has 0 spiro atoms. The van der Waals surface area contributed by atoms with Gasteiger partial charge >= 0.3 is 0 Å². The number of nitrogens with one attached hydrogen (secondary N) is 2. The number of fused-ring (bicyclic) bond motifs is 2. The second kappa shape index (κ2) is 10.9. The molecule has 3 N–H and O–H groups in total. The van der Waals surface area contributed by atoms with Gasteiger partial charge in [0.1, 0.15) is 0 Å². The highest BCUT2D eigenvalue weighted by Crippen LogP contribution is 2.39. The molecule has 1 aromatic carbocycles. The number of aromatic amines is 1. The smallest absolute Gasteiger partial charge is 0.277 e. The van der Waals surface area contributed by atoms with Gasteiger partial charge in [-0.05, 0) is 6.07 Å². The zero-order valence-electron chi connectivity index (χ0n) is 21.9. The van der Waals surface area contributed by atoms with E-state index < -0.39 is 5.91 Å². The first kappa shape index (κ1) is 25.5. The molecular weight excluding hydrogens is 548 g/mol. The average Bonchev–Trinajstić information content (AvgIpc) is 3.68. The van der Waals surface area contributed by atoms with Crippen LogP contribution in [0.5, 0.6) is 5.06 Å². The number of hydroxylamine groups is 3. The molecule has 2 aliphatic rings. The van der Waals surface area contributed by atoms with E-state index in [0.29, 0.717) is 51.2 Å². The molecule has 0 aliphatic carbocycles. The average molecular weight is 575 g/mol. The van der Waals surface area contributed by atoms with Crippen molar-refractivity contribution in [1.82, 2.24) is 40.7 Å². The number of carbonyl (C=O) groups is 1. The quantitative estimate of drug-likeness (QED) is 0.201. The van der Waals surface area contributed by atoms with Gasteiger partial charge in [-0.15, -0.1) is 5.06 Å². The van der Waals surface area contributed by atoms with E-state index in [1.54, 1.807) is 11.7 Å². The summed E-state index contributed by atoms with van der Waals surface area (Å²) in [6.07, 6.45) is 4.59. The molecule has 2 saturated heterocycles. The zero-order chi connectivity index (χ0) is 27.8. The minimum Gasteiger partial charge on any atom is -0.395 e. The molecule has 7 rings (SSSR count). The number of hydrogen-bond acceptors (Lipinski definition) is 13. The lowest BCUT2D eigenvalue weighted by atomic mass is 10.1. The number of carbonyl (C=O) groups excluding carboxylic acids is 1. The molecule has 41 heavy (non-hydrogen) atoms. The molecular formula is C26H26N10O4S. The first-order valence-electron chi connectivity index (χ1n) is 13.2. The number of H-pyrrole nitrogens is 1. The van der Waals surface area contributed by atoms with E-state index in [0.717, 1.165) is 50.7 Å². The van der Waals surface area contributed by atoms with Crippen molar-refractivity contribution in [3.8, 4) is 16.5 Å².